The summed E-state index contributed by atoms with van der Waals surface area (Å²) in [6, 6.07) is 53.4. The minimum atomic E-state index is -0.335. The summed E-state index contributed by atoms with van der Waals surface area (Å²) < 4.78 is 7.45. The van der Waals surface area contributed by atoms with Gasteiger partial charge in [-0.1, -0.05) is 0 Å². The Labute approximate surface area is 233 Å². The Morgan fingerprint density at radius 3 is 0.697 bits per heavy atom. The SMILES string of the molecule is [Sb][c]1ccccc1.c1cc[c]([Sb][c]2ccccc2)cc1.c1cc[c]([Sb][c]2ccccc2)cc1. The van der Waals surface area contributed by atoms with Gasteiger partial charge in [-0.15, -0.1) is 0 Å². The van der Waals surface area contributed by atoms with E-state index in [-0.39, 0.29) is 43.2 Å². The Bertz CT molecular complexity index is 980. The van der Waals surface area contributed by atoms with Gasteiger partial charge >= 0.3 is 235 Å². The first-order valence-corrected chi connectivity index (χ1v) is 17.1. The quantitative estimate of drug-likeness (QED) is 0.248. The Morgan fingerprint density at radius 1 is 0.303 bits per heavy atom. The molecule has 0 N–H and O–H groups in total. The van der Waals surface area contributed by atoms with Gasteiger partial charge in [-0.2, -0.15) is 0 Å². The van der Waals surface area contributed by atoms with Crippen LogP contribution in [0.3, 0.4) is 0 Å². The van der Waals surface area contributed by atoms with Gasteiger partial charge in [0, 0.05) is 0 Å². The first-order valence-electron chi connectivity index (χ1n) is 10.7. The van der Waals surface area contributed by atoms with Crippen LogP contribution in [0, 0.1) is 0 Å². The summed E-state index contributed by atoms with van der Waals surface area (Å²) in [5, 5.41) is 0. The normalized spacial score (nSPS) is 9.61. The third kappa shape index (κ3) is 11.5. The van der Waals surface area contributed by atoms with Crippen LogP contribution in [-0.4, -0.2) is 66.3 Å². The zero-order valence-electron chi connectivity index (χ0n) is 18.3. The van der Waals surface area contributed by atoms with Gasteiger partial charge in [0.1, 0.15) is 0 Å². The van der Waals surface area contributed by atoms with Gasteiger partial charge < -0.3 is 0 Å². The van der Waals surface area contributed by atoms with Crippen molar-refractivity contribution in [2.45, 2.75) is 0 Å². The molecular formula is C30H25Sb3. The second-order valence-corrected chi connectivity index (χ2v) is 15.5. The van der Waals surface area contributed by atoms with E-state index in [2.05, 4.69) is 133 Å². The molecule has 3 heteroatoms. The second kappa shape index (κ2) is 16.2. The number of hydrogen-bond acceptors (Lipinski definition) is 0. The third-order valence-electron chi connectivity index (χ3n) is 4.30. The van der Waals surface area contributed by atoms with E-state index in [0.717, 1.165) is 0 Å². The van der Waals surface area contributed by atoms with Crippen molar-refractivity contribution in [3.05, 3.63) is 152 Å². The zero-order chi connectivity index (χ0) is 23.0. The Hall–Kier alpha value is -1.45. The molecule has 5 rings (SSSR count). The molecule has 33 heavy (non-hydrogen) atoms. The van der Waals surface area contributed by atoms with E-state index in [1.165, 1.54) is 17.6 Å². The Balaban J connectivity index is 0.000000146. The minimum absolute atomic E-state index is 0.335. The molecule has 0 fully saturated rings. The predicted octanol–water partition coefficient (Wildman–Crippen LogP) is 3.16. The van der Waals surface area contributed by atoms with Gasteiger partial charge in [0.05, 0.1) is 0 Å². The van der Waals surface area contributed by atoms with Crippen LogP contribution in [0.5, 0.6) is 0 Å². The maximum atomic E-state index is 2.23. The van der Waals surface area contributed by atoms with E-state index in [9.17, 15) is 0 Å². The van der Waals surface area contributed by atoms with Gasteiger partial charge in [0.25, 0.3) is 0 Å². The Morgan fingerprint density at radius 2 is 0.515 bits per heavy atom. The topological polar surface area (TPSA) is 0 Å². The van der Waals surface area contributed by atoms with Crippen molar-refractivity contribution in [1.29, 1.82) is 0 Å². The van der Waals surface area contributed by atoms with Crippen LogP contribution < -0.4 is 17.6 Å². The molecule has 0 aliphatic carbocycles. The van der Waals surface area contributed by atoms with Crippen LogP contribution in [0.1, 0.15) is 0 Å². The van der Waals surface area contributed by atoms with Crippen molar-refractivity contribution in [2.24, 2.45) is 0 Å². The number of benzene rings is 5. The molecule has 0 spiro atoms. The molecule has 5 aromatic carbocycles. The summed E-state index contributed by atoms with van der Waals surface area (Å²) in [7, 11) is 0. The van der Waals surface area contributed by atoms with Gasteiger partial charge in [-0.3, -0.25) is 0 Å². The average Bonchev–Trinajstić information content (AvgIpc) is 2.88. The summed E-state index contributed by atoms with van der Waals surface area (Å²) in [5.74, 6) is 0. The fourth-order valence-electron chi connectivity index (χ4n) is 2.74. The van der Waals surface area contributed by atoms with Crippen molar-refractivity contribution in [3.8, 4) is 0 Å². The third-order valence-corrected chi connectivity index (χ3v) is 11.5. The van der Waals surface area contributed by atoms with Crippen LogP contribution in [0.25, 0.3) is 0 Å². The molecule has 0 saturated carbocycles. The standard InChI is InChI=1S/5C6H5.3Sb/c5*1-2-4-6-5-3-1;;;/h5*1-5H;;;. The van der Waals surface area contributed by atoms with Crippen molar-refractivity contribution < 1.29 is 0 Å². The molecular weight excluding hydrogens is 726 g/mol. The molecule has 5 aromatic rings. The second-order valence-electron chi connectivity index (χ2n) is 6.90. The molecule has 0 aliphatic heterocycles. The van der Waals surface area contributed by atoms with Gasteiger partial charge in [-0.25, -0.2) is 0 Å². The van der Waals surface area contributed by atoms with E-state index in [1.807, 2.05) is 18.2 Å². The summed E-state index contributed by atoms with van der Waals surface area (Å²) in [5.41, 5.74) is 0. The average molecular weight is 751 g/mol. The molecule has 0 bridgehead atoms. The first kappa shape index (κ1) is 26.2. The monoisotopic (exact) mass is 748 g/mol. The molecule has 0 nitrogen and oxygen atoms in total. The van der Waals surface area contributed by atoms with Crippen molar-refractivity contribution in [1.82, 2.24) is 0 Å². The first-order chi connectivity index (χ1) is 16.3. The van der Waals surface area contributed by atoms with E-state index < -0.39 is 0 Å². The van der Waals surface area contributed by atoms with E-state index in [0.29, 0.717) is 0 Å². The van der Waals surface area contributed by atoms with Crippen LogP contribution in [0.15, 0.2) is 152 Å². The van der Waals surface area contributed by atoms with Crippen LogP contribution >= 0.6 is 0 Å². The van der Waals surface area contributed by atoms with Gasteiger partial charge in [0.2, 0.25) is 0 Å². The van der Waals surface area contributed by atoms with Gasteiger partial charge in [0.15, 0.2) is 0 Å². The van der Waals surface area contributed by atoms with E-state index in [1.54, 1.807) is 23.0 Å². The Kier molecular flexibility index (Phi) is 12.9. The molecule has 0 amide bonds. The summed E-state index contributed by atoms with van der Waals surface area (Å²) >= 11 is 1.09. The van der Waals surface area contributed by atoms with E-state index >= 15 is 0 Å². The number of hydrogen-bond donors (Lipinski definition) is 0. The summed E-state index contributed by atoms with van der Waals surface area (Å²) in [6.45, 7) is 0. The summed E-state index contributed by atoms with van der Waals surface area (Å²) in [6.07, 6.45) is 0. The van der Waals surface area contributed by atoms with Gasteiger partial charge in [-0.05, 0) is 0 Å². The zero-order valence-corrected chi connectivity index (χ0v) is 25.9. The molecule has 0 saturated heterocycles. The molecule has 0 aromatic heterocycles. The van der Waals surface area contributed by atoms with Crippen LogP contribution in [0.4, 0.5) is 0 Å². The van der Waals surface area contributed by atoms with Crippen molar-refractivity contribution in [2.75, 3.05) is 0 Å². The molecule has 0 heterocycles. The number of rotatable bonds is 4. The molecule has 160 valence electrons. The molecule has 0 unspecified atom stereocenters. The van der Waals surface area contributed by atoms with Crippen LogP contribution in [-0.2, 0) is 0 Å². The molecule has 0 aliphatic rings. The predicted molar refractivity (Wildman–Crippen MR) is 148 cm³/mol. The van der Waals surface area contributed by atoms with Crippen LogP contribution in [0.2, 0.25) is 0 Å². The molecule has 0 atom stereocenters. The summed E-state index contributed by atoms with van der Waals surface area (Å²) in [4.78, 5) is 0. The van der Waals surface area contributed by atoms with Crippen molar-refractivity contribution >= 4 is 83.8 Å². The fourth-order valence-corrected chi connectivity index (χ4v) is 8.60. The maximum absolute atomic E-state index is 2.23. The molecule has 4 radical (unpaired) electrons. The van der Waals surface area contributed by atoms with E-state index in [4.69, 9.17) is 0 Å². The van der Waals surface area contributed by atoms with Crippen molar-refractivity contribution in [3.63, 3.8) is 0 Å². The fraction of sp³-hybridized carbons (Fsp3) is 0.